The second kappa shape index (κ2) is 6.60. The third kappa shape index (κ3) is 3.34. The SMILES string of the molecule is Cn1cc2c(F)cc(Br)cc2n1.Cn1ncc2c(F)cc(Br)cc21. The van der Waals surface area contributed by atoms with Crippen LogP contribution in [0.25, 0.3) is 21.8 Å². The molecule has 0 unspecified atom stereocenters. The lowest BCUT2D eigenvalue weighted by molar-refractivity contribution is 0.638. The number of nitrogens with zero attached hydrogens (tertiary/aromatic N) is 4. The first-order chi connectivity index (χ1) is 11.3. The van der Waals surface area contributed by atoms with E-state index in [0.29, 0.717) is 20.8 Å². The number of benzene rings is 2. The predicted molar refractivity (Wildman–Crippen MR) is 96.7 cm³/mol. The summed E-state index contributed by atoms with van der Waals surface area (Å²) in [6.07, 6.45) is 3.19. The van der Waals surface area contributed by atoms with Crippen molar-refractivity contribution < 1.29 is 8.78 Å². The van der Waals surface area contributed by atoms with Crippen molar-refractivity contribution in [1.82, 2.24) is 19.6 Å². The van der Waals surface area contributed by atoms with Gasteiger partial charge in [-0.05, 0) is 24.3 Å². The van der Waals surface area contributed by atoms with E-state index in [1.54, 1.807) is 35.7 Å². The first kappa shape index (κ1) is 17.0. The standard InChI is InChI=1S/2C8H6BrFN2/c1-12-4-6-7(10)2-5(9)3-8(6)11-12;1-12-8-3-5(9)2-7(10)6(8)4-11-12/h2*2-4H,1H3. The number of aryl methyl sites for hydroxylation is 2. The topological polar surface area (TPSA) is 35.6 Å². The highest BCUT2D eigenvalue weighted by Gasteiger charge is 2.06. The summed E-state index contributed by atoms with van der Waals surface area (Å²) in [6.45, 7) is 0. The van der Waals surface area contributed by atoms with Gasteiger partial charge in [0.25, 0.3) is 0 Å². The Morgan fingerprint density at radius 3 is 2.25 bits per heavy atom. The molecule has 0 aliphatic heterocycles. The van der Waals surface area contributed by atoms with Crippen molar-refractivity contribution >= 4 is 53.7 Å². The minimum atomic E-state index is -0.243. The molecule has 2 aromatic heterocycles. The molecule has 124 valence electrons. The van der Waals surface area contributed by atoms with Crippen molar-refractivity contribution in [2.45, 2.75) is 0 Å². The lowest BCUT2D eigenvalue weighted by Crippen LogP contribution is -1.88. The zero-order valence-electron chi connectivity index (χ0n) is 12.8. The van der Waals surface area contributed by atoms with E-state index in [0.717, 1.165) is 9.99 Å². The monoisotopic (exact) mass is 456 g/mol. The van der Waals surface area contributed by atoms with Crippen molar-refractivity contribution in [3.8, 4) is 0 Å². The fraction of sp³-hybridized carbons (Fsp3) is 0.125. The normalized spacial score (nSPS) is 10.9. The third-order valence-electron chi connectivity index (χ3n) is 3.44. The zero-order valence-corrected chi connectivity index (χ0v) is 15.9. The van der Waals surface area contributed by atoms with Crippen LogP contribution in [0.3, 0.4) is 0 Å². The van der Waals surface area contributed by atoms with Gasteiger partial charge in [0.2, 0.25) is 0 Å². The molecule has 0 saturated carbocycles. The summed E-state index contributed by atoms with van der Waals surface area (Å²) in [4.78, 5) is 0. The van der Waals surface area contributed by atoms with Gasteiger partial charge in [0.1, 0.15) is 11.6 Å². The van der Waals surface area contributed by atoms with Crippen molar-refractivity contribution in [2.75, 3.05) is 0 Å². The molecule has 4 rings (SSSR count). The number of halogens is 4. The van der Waals surface area contributed by atoms with Crippen LogP contribution in [-0.4, -0.2) is 19.6 Å². The van der Waals surface area contributed by atoms with E-state index in [2.05, 4.69) is 42.1 Å². The van der Waals surface area contributed by atoms with E-state index in [1.807, 2.05) is 6.07 Å². The molecule has 8 heteroatoms. The minimum Gasteiger partial charge on any atom is -0.274 e. The highest BCUT2D eigenvalue weighted by atomic mass is 79.9. The molecule has 2 heterocycles. The molecule has 0 saturated heterocycles. The van der Waals surface area contributed by atoms with E-state index < -0.39 is 0 Å². The minimum absolute atomic E-state index is 0.243. The summed E-state index contributed by atoms with van der Waals surface area (Å²) in [7, 11) is 3.56. The largest absolute Gasteiger partial charge is 0.274 e. The number of aromatic nitrogens is 4. The maximum Gasteiger partial charge on any atom is 0.135 e. The van der Waals surface area contributed by atoms with Gasteiger partial charge in [-0.15, -0.1) is 0 Å². The molecule has 0 radical (unpaired) electrons. The van der Waals surface area contributed by atoms with Gasteiger partial charge in [0.15, 0.2) is 0 Å². The molecule has 4 aromatic rings. The maximum absolute atomic E-state index is 13.2. The summed E-state index contributed by atoms with van der Waals surface area (Å²) in [5, 5.41) is 9.15. The molecule has 0 amide bonds. The summed E-state index contributed by atoms with van der Waals surface area (Å²) < 4.78 is 31.0. The average Bonchev–Trinajstić information content (AvgIpc) is 3.03. The molecule has 0 aliphatic carbocycles. The van der Waals surface area contributed by atoms with E-state index in [4.69, 9.17) is 0 Å². The molecular weight excluding hydrogens is 446 g/mol. The number of hydrogen-bond acceptors (Lipinski definition) is 2. The smallest absolute Gasteiger partial charge is 0.135 e. The summed E-state index contributed by atoms with van der Waals surface area (Å²) in [5.74, 6) is -0.486. The van der Waals surface area contributed by atoms with Crippen molar-refractivity contribution in [1.29, 1.82) is 0 Å². The molecule has 0 atom stereocenters. The molecule has 4 nitrogen and oxygen atoms in total. The average molecular weight is 458 g/mol. The summed E-state index contributed by atoms with van der Waals surface area (Å²) in [5.41, 5.74) is 1.46. The Hall–Kier alpha value is -1.80. The van der Waals surface area contributed by atoms with Gasteiger partial charge in [-0.2, -0.15) is 10.2 Å². The summed E-state index contributed by atoms with van der Waals surface area (Å²) in [6, 6.07) is 6.50. The maximum atomic E-state index is 13.2. The van der Waals surface area contributed by atoms with Crippen LogP contribution in [0.4, 0.5) is 8.78 Å². The van der Waals surface area contributed by atoms with E-state index in [-0.39, 0.29) is 11.6 Å². The molecule has 0 spiro atoms. The van der Waals surface area contributed by atoms with Crippen LogP contribution in [0.15, 0.2) is 45.6 Å². The number of fused-ring (bicyclic) bond motifs is 2. The number of rotatable bonds is 0. The second-order valence-corrected chi connectivity index (χ2v) is 7.04. The Morgan fingerprint density at radius 1 is 0.917 bits per heavy atom. The van der Waals surface area contributed by atoms with Gasteiger partial charge in [0.05, 0.1) is 28.0 Å². The molecule has 0 aliphatic rings. The predicted octanol–water partition coefficient (Wildman–Crippen LogP) is 4.95. The fourth-order valence-electron chi connectivity index (χ4n) is 2.34. The van der Waals surface area contributed by atoms with E-state index in [1.165, 1.54) is 18.3 Å². The summed E-state index contributed by atoms with van der Waals surface area (Å²) >= 11 is 6.42. The van der Waals surface area contributed by atoms with Gasteiger partial charge in [-0.25, -0.2) is 8.78 Å². The first-order valence-corrected chi connectivity index (χ1v) is 8.49. The molecular formula is C16H12Br2F2N4. The Kier molecular flexibility index (Phi) is 4.69. The van der Waals surface area contributed by atoms with Gasteiger partial charge >= 0.3 is 0 Å². The van der Waals surface area contributed by atoms with Crippen LogP contribution >= 0.6 is 31.9 Å². The Labute approximate surface area is 153 Å². The Bertz CT molecular complexity index is 1030. The van der Waals surface area contributed by atoms with Gasteiger partial charge in [0, 0.05) is 29.2 Å². The lowest BCUT2D eigenvalue weighted by atomic mass is 10.2. The van der Waals surface area contributed by atoms with Gasteiger partial charge in [-0.1, -0.05) is 31.9 Å². The van der Waals surface area contributed by atoms with Crippen LogP contribution < -0.4 is 0 Å². The molecule has 2 aromatic carbocycles. The molecule has 0 fully saturated rings. The van der Waals surface area contributed by atoms with Crippen LogP contribution in [-0.2, 0) is 14.1 Å². The van der Waals surface area contributed by atoms with Crippen LogP contribution in [0, 0.1) is 11.6 Å². The first-order valence-electron chi connectivity index (χ1n) is 6.90. The number of hydrogen-bond donors (Lipinski definition) is 0. The third-order valence-corrected chi connectivity index (χ3v) is 4.35. The highest BCUT2D eigenvalue weighted by Crippen LogP contribution is 2.22. The zero-order chi connectivity index (χ0) is 17.4. The van der Waals surface area contributed by atoms with Crippen molar-refractivity contribution in [3.05, 3.63) is 57.2 Å². The van der Waals surface area contributed by atoms with Crippen LogP contribution in [0.1, 0.15) is 0 Å². The van der Waals surface area contributed by atoms with Crippen LogP contribution in [0.2, 0.25) is 0 Å². The Balaban J connectivity index is 0.000000141. The second-order valence-electron chi connectivity index (χ2n) is 5.21. The van der Waals surface area contributed by atoms with Crippen molar-refractivity contribution in [2.24, 2.45) is 14.1 Å². The fourth-order valence-corrected chi connectivity index (χ4v) is 3.18. The highest BCUT2D eigenvalue weighted by molar-refractivity contribution is 9.10. The van der Waals surface area contributed by atoms with Gasteiger partial charge in [-0.3, -0.25) is 9.36 Å². The van der Waals surface area contributed by atoms with Crippen molar-refractivity contribution in [3.63, 3.8) is 0 Å². The molecule has 24 heavy (non-hydrogen) atoms. The lowest BCUT2D eigenvalue weighted by Gasteiger charge is -1.96. The molecule has 0 bridgehead atoms. The van der Waals surface area contributed by atoms with Gasteiger partial charge < -0.3 is 0 Å². The quantitative estimate of drug-likeness (QED) is 0.374. The van der Waals surface area contributed by atoms with E-state index in [9.17, 15) is 8.78 Å². The van der Waals surface area contributed by atoms with Crippen LogP contribution in [0.5, 0.6) is 0 Å². The molecule has 0 N–H and O–H groups in total. The van der Waals surface area contributed by atoms with E-state index >= 15 is 0 Å². The Morgan fingerprint density at radius 2 is 1.54 bits per heavy atom.